The van der Waals surface area contributed by atoms with E-state index < -0.39 is 20.6 Å². The molecule has 19 heavy (non-hydrogen) atoms. The average Bonchev–Trinajstić information content (AvgIpc) is 2.26. The molecule has 0 fully saturated rings. The second-order valence-electron chi connectivity index (χ2n) is 3.99. The molecule has 0 aliphatic rings. The van der Waals surface area contributed by atoms with E-state index in [4.69, 9.17) is 14.7 Å². The number of alkyl halides is 1. The minimum Gasteiger partial charge on any atom is -0.422 e. The number of benzene rings is 1. The molecule has 0 bridgehead atoms. The van der Waals surface area contributed by atoms with Crippen LogP contribution in [0.2, 0.25) is 0 Å². The largest absolute Gasteiger partial charge is 0.422 e. The predicted molar refractivity (Wildman–Crippen MR) is 79.2 cm³/mol. The summed E-state index contributed by atoms with van der Waals surface area (Å²) in [5.74, 6) is 0. The van der Waals surface area contributed by atoms with Gasteiger partial charge in [0.15, 0.2) is 0 Å². The van der Waals surface area contributed by atoms with Gasteiger partial charge in [-0.3, -0.25) is 4.55 Å². The minimum atomic E-state index is -4.42. The highest BCUT2D eigenvalue weighted by Gasteiger charge is 2.18. The zero-order valence-corrected chi connectivity index (χ0v) is 12.8. The molecule has 1 aromatic heterocycles. The third-order valence-corrected chi connectivity index (χ3v) is 4.50. The minimum absolute atomic E-state index is 0.167. The normalized spacial score (nSPS) is 11.9. The lowest BCUT2D eigenvalue weighted by molar-refractivity contribution is 0.483. The van der Waals surface area contributed by atoms with Crippen LogP contribution in [0.1, 0.15) is 11.1 Å². The van der Waals surface area contributed by atoms with Crippen molar-refractivity contribution in [2.45, 2.75) is 16.2 Å². The van der Waals surface area contributed by atoms with E-state index >= 15 is 0 Å². The Balaban J connectivity index is 2.97. The van der Waals surface area contributed by atoms with Crippen LogP contribution in [0, 0.1) is 6.92 Å². The van der Waals surface area contributed by atoms with Gasteiger partial charge in [-0.2, -0.15) is 8.42 Å². The van der Waals surface area contributed by atoms with E-state index in [1.807, 2.05) is 22.6 Å². The van der Waals surface area contributed by atoms with Crippen molar-refractivity contribution in [1.29, 1.82) is 0 Å². The van der Waals surface area contributed by atoms with E-state index in [1.54, 1.807) is 6.92 Å². The number of nitrogen functional groups attached to an aromatic ring is 1. The maximum absolute atomic E-state index is 11.7. The summed E-state index contributed by atoms with van der Waals surface area (Å²) in [6.45, 7) is 1.69. The molecule has 2 aromatic rings. The Morgan fingerprint density at radius 2 is 2.05 bits per heavy atom. The maximum atomic E-state index is 11.7. The standard InChI is InChI=1S/C11H10INO5S/c1-5-6-2-10(19(15,16)17)8(13)3-9(6)18-11(14)7(5)4-12/h2-3H,4,13H2,1H3,(H,15,16,17). The molecule has 102 valence electrons. The van der Waals surface area contributed by atoms with Crippen LogP contribution in [-0.2, 0) is 14.5 Å². The number of halogens is 1. The Bertz CT molecular complexity index is 825. The molecule has 1 heterocycles. The van der Waals surface area contributed by atoms with E-state index in [2.05, 4.69) is 0 Å². The van der Waals surface area contributed by atoms with Gasteiger partial charge in [0.1, 0.15) is 10.5 Å². The highest BCUT2D eigenvalue weighted by atomic mass is 127. The summed E-state index contributed by atoms with van der Waals surface area (Å²) in [5.41, 5.74) is 6.17. The van der Waals surface area contributed by atoms with Crippen molar-refractivity contribution in [3.8, 4) is 0 Å². The fourth-order valence-corrected chi connectivity index (χ4v) is 3.32. The lowest BCUT2D eigenvalue weighted by atomic mass is 10.1. The fourth-order valence-electron chi connectivity index (χ4n) is 1.81. The van der Waals surface area contributed by atoms with Gasteiger partial charge >= 0.3 is 5.63 Å². The SMILES string of the molecule is Cc1c(CI)c(=O)oc2cc(N)c(S(=O)(=O)O)cc12. The van der Waals surface area contributed by atoms with E-state index in [0.29, 0.717) is 20.9 Å². The number of anilines is 1. The van der Waals surface area contributed by atoms with Gasteiger partial charge in [0.05, 0.1) is 11.3 Å². The first-order chi connectivity index (χ1) is 8.75. The lowest BCUT2D eigenvalue weighted by Crippen LogP contribution is -2.10. The van der Waals surface area contributed by atoms with Crippen molar-refractivity contribution in [2.24, 2.45) is 0 Å². The van der Waals surface area contributed by atoms with E-state index in [0.717, 1.165) is 0 Å². The topological polar surface area (TPSA) is 111 Å². The van der Waals surface area contributed by atoms with Gasteiger partial charge in [-0.05, 0) is 18.6 Å². The van der Waals surface area contributed by atoms with Crippen molar-refractivity contribution >= 4 is 49.4 Å². The maximum Gasteiger partial charge on any atom is 0.340 e. The molecule has 0 radical (unpaired) electrons. The number of rotatable bonds is 2. The van der Waals surface area contributed by atoms with Gasteiger partial charge in [0, 0.05) is 15.9 Å². The Morgan fingerprint density at radius 1 is 1.42 bits per heavy atom. The molecule has 0 atom stereocenters. The molecular formula is C11H10INO5S. The van der Waals surface area contributed by atoms with E-state index in [1.165, 1.54) is 12.1 Å². The van der Waals surface area contributed by atoms with Gasteiger partial charge in [0.2, 0.25) is 0 Å². The van der Waals surface area contributed by atoms with Crippen molar-refractivity contribution in [3.05, 3.63) is 33.7 Å². The van der Waals surface area contributed by atoms with Crippen LogP contribution in [-0.4, -0.2) is 13.0 Å². The predicted octanol–water partition coefficient (Wildman–Crippen LogP) is 1.87. The highest BCUT2D eigenvalue weighted by Crippen LogP contribution is 2.28. The summed E-state index contributed by atoms with van der Waals surface area (Å²) in [7, 11) is -4.42. The number of nitrogens with two attached hydrogens (primary N) is 1. The molecule has 2 rings (SSSR count). The molecule has 3 N–H and O–H groups in total. The van der Waals surface area contributed by atoms with Gasteiger partial charge in [0.25, 0.3) is 10.1 Å². The second-order valence-corrected chi connectivity index (χ2v) is 6.14. The monoisotopic (exact) mass is 395 g/mol. The van der Waals surface area contributed by atoms with E-state index in [-0.39, 0.29) is 11.3 Å². The molecule has 0 unspecified atom stereocenters. The van der Waals surface area contributed by atoms with Crippen molar-refractivity contribution in [1.82, 2.24) is 0 Å². The lowest BCUT2D eigenvalue weighted by Gasteiger charge is -2.08. The number of aryl methyl sites for hydroxylation is 1. The molecular weight excluding hydrogens is 385 g/mol. The Morgan fingerprint density at radius 3 is 2.58 bits per heavy atom. The van der Waals surface area contributed by atoms with Crippen LogP contribution in [0.25, 0.3) is 11.0 Å². The van der Waals surface area contributed by atoms with Crippen molar-refractivity contribution in [2.75, 3.05) is 5.73 Å². The summed E-state index contributed by atoms with van der Waals surface area (Å²) in [6.07, 6.45) is 0. The molecule has 0 aliphatic carbocycles. The Hall–Kier alpha value is -1.13. The number of fused-ring (bicyclic) bond motifs is 1. The van der Waals surface area contributed by atoms with Crippen LogP contribution >= 0.6 is 22.6 Å². The van der Waals surface area contributed by atoms with Crippen molar-refractivity contribution < 1.29 is 17.4 Å². The van der Waals surface area contributed by atoms with Crippen LogP contribution < -0.4 is 11.4 Å². The van der Waals surface area contributed by atoms with Gasteiger partial charge in [-0.1, -0.05) is 22.6 Å². The Labute approximate surface area is 122 Å². The third-order valence-electron chi connectivity index (χ3n) is 2.83. The number of hydrogen-bond acceptors (Lipinski definition) is 5. The fraction of sp³-hybridized carbons (Fsp3) is 0.182. The van der Waals surface area contributed by atoms with Crippen LogP contribution in [0.5, 0.6) is 0 Å². The average molecular weight is 395 g/mol. The summed E-state index contributed by atoms with van der Waals surface area (Å²) < 4.78 is 37.1. The molecule has 6 nitrogen and oxygen atoms in total. The molecule has 8 heteroatoms. The van der Waals surface area contributed by atoms with Gasteiger partial charge < -0.3 is 10.2 Å². The Kier molecular flexibility index (Phi) is 3.58. The van der Waals surface area contributed by atoms with Gasteiger partial charge in [-0.15, -0.1) is 0 Å². The zero-order valence-electron chi connectivity index (χ0n) is 9.81. The summed E-state index contributed by atoms with van der Waals surface area (Å²) in [6, 6.07) is 2.44. The zero-order chi connectivity index (χ0) is 14.4. The first kappa shape index (κ1) is 14.3. The van der Waals surface area contributed by atoms with Gasteiger partial charge in [-0.25, -0.2) is 4.79 Å². The van der Waals surface area contributed by atoms with E-state index in [9.17, 15) is 13.2 Å². The van der Waals surface area contributed by atoms with Crippen molar-refractivity contribution in [3.63, 3.8) is 0 Å². The van der Waals surface area contributed by atoms with Crippen LogP contribution in [0.3, 0.4) is 0 Å². The summed E-state index contributed by atoms with van der Waals surface area (Å²) in [5, 5.41) is 0.438. The molecule has 1 aromatic carbocycles. The third kappa shape index (κ3) is 2.47. The first-order valence-electron chi connectivity index (χ1n) is 5.15. The molecule has 0 saturated heterocycles. The second kappa shape index (κ2) is 4.76. The molecule has 0 aliphatic heterocycles. The van der Waals surface area contributed by atoms with Crippen LogP contribution in [0.4, 0.5) is 5.69 Å². The molecule has 0 saturated carbocycles. The van der Waals surface area contributed by atoms with Crippen LogP contribution in [0.15, 0.2) is 26.2 Å². The quantitative estimate of drug-likeness (QED) is 0.264. The summed E-state index contributed by atoms with van der Waals surface area (Å²) >= 11 is 2.02. The smallest absolute Gasteiger partial charge is 0.340 e. The first-order valence-corrected chi connectivity index (χ1v) is 8.11. The molecule has 0 amide bonds. The highest BCUT2D eigenvalue weighted by molar-refractivity contribution is 14.1. The molecule has 0 spiro atoms. The summed E-state index contributed by atoms with van der Waals surface area (Å²) in [4.78, 5) is 11.3. The number of hydrogen-bond donors (Lipinski definition) is 2.